The molecule has 0 atom stereocenters. The monoisotopic (exact) mass is 260 g/mol. The van der Waals surface area contributed by atoms with Crippen molar-refractivity contribution in [2.75, 3.05) is 6.61 Å². The van der Waals surface area contributed by atoms with Crippen LogP contribution in [0.2, 0.25) is 0 Å². The van der Waals surface area contributed by atoms with Crippen molar-refractivity contribution >= 4 is 22.2 Å². The molecule has 0 saturated heterocycles. The molecule has 1 aromatic rings. The Morgan fingerprint density at radius 1 is 1.57 bits per heavy atom. The average Bonchev–Trinajstić information content (AvgIpc) is 2.18. The van der Waals surface area contributed by atoms with Crippen LogP contribution in [-0.4, -0.2) is 12.9 Å². The Morgan fingerprint density at radius 2 is 2.29 bits per heavy atom. The Labute approximate surface area is 90.2 Å². The van der Waals surface area contributed by atoms with Gasteiger partial charge < -0.3 is 4.74 Å². The smallest absolute Gasteiger partial charge is 0.175 e. The summed E-state index contributed by atoms with van der Waals surface area (Å²) >= 11 is 3.17. The van der Waals surface area contributed by atoms with Crippen molar-refractivity contribution in [2.45, 2.75) is 13.3 Å². The summed E-state index contributed by atoms with van der Waals surface area (Å²) in [6.45, 7) is 2.36. The molecular weight excluding hydrogens is 251 g/mol. The maximum Gasteiger partial charge on any atom is 0.175 e. The molecule has 4 heteroatoms. The second kappa shape index (κ2) is 5.10. The minimum atomic E-state index is -0.600. The van der Waals surface area contributed by atoms with E-state index in [1.54, 1.807) is 0 Å². The predicted octanol–water partition coefficient (Wildman–Crippen LogP) is 3.19. The fourth-order valence-corrected chi connectivity index (χ4v) is 1.44. The number of benzene rings is 1. The summed E-state index contributed by atoms with van der Waals surface area (Å²) in [7, 11) is 0. The normalized spacial score (nSPS) is 9.93. The largest absolute Gasteiger partial charge is 0.490 e. The third-order valence-electron chi connectivity index (χ3n) is 1.62. The summed E-state index contributed by atoms with van der Waals surface area (Å²) < 4.78 is 19.2. The molecule has 0 aliphatic carbocycles. The van der Waals surface area contributed by atoms with E-state index in [0.29, 0.717) is 17.4 Å². The summed E-state index contributed by atoms with van der Waals surface area (Å²) in [5.74, 6) is -0.486. The van der Waals surface area contributed by atoms with E-state index in [2.05, 4.69) is 15.9 Å². The number of hydrogen-bond acceptors (Lipinski definition) is 2. The highest BCUT2D eigenvalue weighted by Gasteiger charge is 2.10. The maximum atomic E-state index is 13.4. The molecule has 0 unspecified atom stereocenters. The average molecular weight is 261 g/mol. The number of rotatable bonds is 4. The topological polar surface area (TPSA) is 26.3 Å². The van der Waals surface area contributed by atoms with Gasteiger partial charge in [-0.3, -0.25) is 4.79 Å². The van der Waals surface area contributed by atoms with Crippen LogP contribution in [0.1, 0.15) is 23.7 Å². The maximum absolute atomic E-state index is 13.4. The third kappa shape index (κ3) is 2.54. The van der Waals surface area contributed by atoms with Crippen LogP contribution in [0.5, 0.6) is 5.75 Å². The van der Waals surface area contributed by atoms with Gasteiger partial charge in [-0.1, -0.05) is 22.9 Å². The van der Waals surface area contributed by atoms with Crippen LogP contribution in [0, 0.1) is 5.82 Å². The Balaban J connectivity index is 3.02. The van der Waals surface area contributed by atoms with Gasteiger partial charge >= 0.3 is 0 Å². The highest BCUT2D eigenvalue weighted by atomic mass is 79.9. The van der Waals surface area contributed by atoms with E-state index >= 15 is 0 Å². The van der Waals surface area contributed by atoms with Crippen molar-refractivity contribution < 1.29 is 13.9 Å². The van der Waals surface area contributed by atoms with E-state index in [1.165, 1.54) is 12.1 Å². The van der Waals surface area contributed by atoms with Gasteiger partial charge in [0.1, 0.15) is 0 Å². The quantitative estimate of drug-likeness (QED) is 0.778. The Hall–Kier alpha value is -0.900. The Bertz CT molecular complexity index is 339. The fraction of sp³-hybridized carbons (Fsp3) is 0.300. The van der Waals surface area contributed by atoms with Gasteiger partial charge in [-0.05, 0) is 18.6 Å². The molecule has 0 amide bonds. The molecule has 0 aliphatic rings. The second-order valence-corrected chi connectivity index (χ2v) is 3.69. The van der Waals surface area contributed by atoms with Crippen LogP contribution in [0.3, 0.4) is 0 Å². The van der Waals surface area contributed by atoms with Crippen molar-refractivity contribution in [3.05, 3.63) is 28.0 Å². The Kier molecular flexibility index (Phi) is 4.07. The molecule has 0 saturated carbocycles. The number of halogens is 2. The van der Waals surface area contributed by atoms with Crippen molar-refractivity contribution in [3.63, 3.8) is 0 Å². The third-order valence-corrected chi connectivity index (χ3v) is 2.08. The minimum absolute atomic E-state index is 0.00507. The van der Waals surface area contributed by atoms with E-state index in [1.807, 2.05) is 6.92 Å². The van der Waals surface area contributed by atoms with Crippen LogP contribution >= 0.6 is 15.9 Å². The van der Waals surface area contributed by atoms with Gasteiger partial charge in [0.15, 0.2) is 17.9 Å². The zero-order chi connectivity index (χ0) is 10.6. The molecule has 0 fully saturated rings. The Morgan fingerprint density at radius 3 is 2.86 bits per heavy atom. The zero-order valence-electron chi connectivity index (χ0n) is 7.72. The van der Waals surface area contributed by atoms with Crippen molar-refractivity contribution in [1.29, 1.82) is 0 Å². The lowest BCUT2D eigenvalue weighted by Crippen LogP contribution is -2.00. The van der Waals surface area contributed by atoms with Crippen molar-refractivity contribution in [1.82, 2.24) is 0 Å². The molecule has 0 heterocycles. The van der Waals surface area contributed by atoms with Gasteiger partial charge in [0.05, 0.1) is 12.2 Å². The predicted molar refractivity (Wildman–Crippen MR) is 55.3 cm³/mol. The lowest BCUT2D eigenvalue weighted by molar-refractivity contribution is 0.111. The van der Waals surface area contributed by atoms with Gasteiger partial charge in [-0.25, -0.2) is 4.39 Å². The van der Waals surface area contributed by atoms with Gasteiger partial charge in [0.25, 0.3) is 0 Å². The number of hydrogen-bond donors (Lipinski definition) is 0. The van der Waals surface area contributed by atoms with Crippen molar-refractivity contribution in [3.8, 4) is 5.75 Å². The molecule has 2 nitrogen and oxygen atoms in total. The molecule has 0 spiro atoms. The van der Waals surface area contributed by atoms with Crippen LogP contribution in [0.15, 0.2) is 16.6 Å². The van der Waals surface area contributed by atoms with Crippen LogP contribution in [0.4, 0.5) is 4.39 Å². The molecule has 14 heavy (non-hydrogen) atoms. The summed E-state index contributed by atoms with van der Waals surface area (Å²) in [5.41, 5.74) is 0.00507. The van der Waals surface area contributed by atoms with Gasteiger partial charge in [-0.15, -0.1) is 0 Å². The van der Waals surface area contributed by atoms with Crippen molar-refractivity contribution in [2.24, 2.45) is 0 Å². The first kappa shape index (κ1) is 11.2. The molecule has 0 radical (unpaired) electrons. The summed E-state index contributed by atoms with van der Waals surface area (Å²) in [6, 6.07) is 2.93. The van der Waals surface area contributed by atoms with Gasteiger partial charge in [0.2, 0.25) is 0 Å². The first-order valence-corrected chi connectivity index (χ1v) is 5.05. The van der Waals surface area contributed by atoms with Crippen LogP contribution in [-0.2, 0) is 0 Å². The molecule has 76 valence electrons. The summed E-state index contributed by atoms with van der Waals surface area (Å²) in [4.78, 5) is 10.5. The molecular formula is C10H10BrFO2. The number of aldehydes is 1. The molecule has 1 aromatic carbocycles. The van der Waals surface area contributed by atoms with E-state index in [0.717, 1.165) is 6.42 Å². The van der Waals surface area contributed by atoms with Crippen LogP contribution in [0.25, 0.3) is 0 Å². The second-order valence-electron chi connectivity index (χ2n) is 2.77. The lowest BCUT2D eigenvalue weighted by Gasteiger charge is -2.07. The van der Waals surface area contributed by atoms with Gasteiger partial charge in [0, 0.05) is 4.47 Å². The SMILES string of the molecule is CCCOc1cc(Br)cc(C=O)c1F. The van der Waals surface area contributed by atoms with E-state index in [4.69, 9.17) is 4.74 Å². The molecule has 0 aromatic heterocycles. The first-order valence-electron chi connectivity index (χ1n) is 4.26. The molecule has 0 N–H and O–H groups in total. The lowest BCUT2D eigenvalue weighted by atomic mass is 10.2. The number of ether oxygens (including phenoxy) is 1. The minimum Gasteiger partial charge on any atom is -0.490 e. The first-order chi connectivity index (χ1) is 6.69. The summed E-state index contributed by atoms with van der Waals surface area (Å²) in [5, 5.41) is 0. The fourth-order valence-electron chi connectivity index (χ4n) is 0.987. The molecule has 1 rings (SSSR count). The number of carbonyl (C=O) groups excluding carboxylic acids is 1. The number of carbonyl (C=O) groups is 1. The molecule has 0 aliphatic heterocycles. The van der Waals surface area contributed by atoms with E-state index in [-0.39, 0.29) is 11.3 Å². The van der Waals surface area contributed by atoms with E-state index in [9.17, 15) is 9.18 Å². The zero-order valence-corrected chi connectivity index (χ0v) is 9.30. The molecule has 0 bridgehead atoms. The van der Waals surface area contributed by atoms with Gasteiger partial charge in [-0.2, -0.15) is 0 Å². The highest BCUT2D eigenvalue weighted by Crippen LogP contribution is 2.25. The summed E-state index contributed by atoms with van der Waals surface area (Å²) in [6.07, 6.45) is 1.27. The van der Waals surface area contributed by atoms with Crippen LogP contribution < -0.4 is 4.74 Å². The highest BCUT2D eigenvalue weighted by molar-refractivity contribution is 9.10. The standard InChI is InChI=1S/C10H10BrFO2/c1-2-3-14-9-5-8(11)4-7(6-13)10(9)12/h4-6H,2-3H2,1H3. The van der Waals surface area contributed by atoms with E-state index < -0.39 is 5.82 Å².